The van der Waals surface area contributed by atoms with Gasteiger partial charge in [-0.2, -0.15) is 0 Å². The molecule has 0 aliphatic carbocycles. The summed E-state index contributed by atoms with van der Waals surface area (Å²) in [5.41, 5.74) is 1.06. The smallest absolute Gasteiger partial charge is 0.130 e. The molecule has 0 radical (unpaired) electrons. The van der Waals surface area contributed by atoms with Crippen molar-refractivity contribution in [2.75, 3.05) is 0 Å². The van der Waals surface area contributed by atoms with Crippen LogP contribution in [-0.2, 0) is 11.2 Å². The quantitative estimate of drug-likeness (QED) is 0.791. The zero-order valence-electron chi connectivity index (χ0n) is 9.81. The molecule has 0 fully saturated rings. The van der Waals surface area contributed by atoms with Gasteiger partial charge in [-0.25, -0.2) is 0 Å². The molecule has 0 heterocycles. The first-order chi connectivity index (χ1) is 7.30. The van der Waals surface area contributed by atoms with Crippen molar-refractivity contribution in [2.24, 2.45) is 5.41 Å². The van der Waals surface area contributed by atoms with Gasteiger partial charge >= 0.3 is 0 Å². The molecule has 3 heteroatoms. The van der Waals surface area contributed by atoms with Crippen molar-refractivity contribution in [1.29, 1.82) is 0 Å². The number of rotatable bonds is 4. The Morgan fingerprint density at radius 3 is 2.56 bits per heavy atom. The lowest BCUT2D eigenvalue weighted by atomic mass is 9.81. The van der Waals surface area contributed by atoms with Crippen LogP contribution in [0.5, 0.6) is 0 Å². The summed E-state index contributed by atoms with van der Waals surface area (Å²) in [4.78, 5) is 11.1. The first-order valence-corrected chi connectivity index (χ1v) is 6.41. The third-order valence-corrected chi connectivity index (χ3v) is 3.26. The van der Waals surface area contributed by atoms with Crippen molar-refractivity contribution in [3.63, 3.8) is 0 Å². The van der Waals surface area contributed by atoms with Gasteiger partial charge < -0.3 is 4.79 Å². The van der Waals surface area contributed by atoms with E-state index in [4.69, 9.17) is 11.6 Å². The lowest BCUT2D eigenvalue weighted by Gasteiger charge is -2.23. The van der Waals surface area contributed by atoms with Crippen LogP contribution >= 0.6 is 27.5 Å². The van der Waals surface area contributed by atoms with Gasteiger partial charge in [0.15, 0.2) is 0 Å². The average Bonchev–Trinajstić information content (AvgIpc) is 2.07. The summed E-state index contributed by atoms with van der Waals surface area (Å²) in [6.07, 6.45) is 1.40. The first-order valence-electron chi connectivity index (χ1n) is 5.23. The molecule has 0 aromatic heterocycles. The number of hydrogen-bond donors (Lipinski definition) is 0. The fourth-order valence-electron chi connectivity index (χ4n) is 1.92. The molecule has 0 spiro atoms. The van der Waals surface area contributed by atoms with E-state index in [-0.39, 0.29) is 11.2 Å². The van der Waals surface area contributed by atoms with Crippen LogP contribution in [0, 0.1) is 5.41 Å². The van der Waals surface area contributed by atoms with Gasteiger partial charge in [0.1, 0.15) is 5.78 Å². The summed E-state index contributed by atoms with van der Waals surface area (Å²) in [6, 6.07) is 5.88. The Hall–Kier alpha value is -0.340. The Kier molecular flexibility index (Phi) is 4.57. The molecule has 16 heavy (non-hydrogen) atoms. The minimum absolute atomic E-state index is 0.0384. The van der Waals surface area contributed by atoms with Crippen molar-refractivity contribution < 1.29 is 4.79 Å². The summed E-state index contributed by atoms with van der Waals surface area (Å²) in [6.45, 7) is 5.81. The maximum absolute atomic E-state index is 11.1. The maximum atomic E-state index is 11.1. The van der Waals surface area contributed by atoms with Crippen LogP contribution in [0.3, 0.4) is 0 Å². The molecule has 0 atom stereocenters. The van der Waals surface area contributed by atoms with E-state index in [1.807, 2.05) is 18.2 Å². The van der Waals surface area contributed by atoms with Gasteiger partial charge in [-0.05, 0) is 36.5 Å². The lowest BCUT2D eigenvalue weighted by Crippen LogP contribution is -2.18. The minimum atomic E-state index is -0.0384. The van der Waals surface area contributed by atoms with E-state index in [0.29, 0.717) is 6.42 Å². The van der Waals surface area contributed by atoms with E-state index in [0.717, 1.165) is 21.5 Å². The second kappa shape index (κ2) is 5.33. The normalized spacial score (nSPS) is 11.6. The van der Waals surface area contributed by atoms with Crippen molar-refractivity contribution in [1.82, 2.24) is 0 Å². The third kappa shape index (κ3) is 4.26. The average molecular weight is 304 g/mol. The number of Topliss-reactive ketones (excluding diaryl/α,β-unsaturated/α-hetero) is 1. The van der Waals surface area contributed by atoms with Crippen LogP contribution in [0.15, 0.2) is 22.7 Å². The van der Waals surface area contributed by atoms with Gasteiger partial charge in [0.25, 0.3) is 0 Å². The fourth-order valence-corrected chi connectivity index (χ4v) is 2.66. The molecule has 0 aliphatic heterocycles. The zero-order chi connectivity index (χ0) is 12.3. The molecular weight excluding hydrogens is 287 g/mol. The van der Waals surface area contributed by atoms with E-state index in [1.54, 1.807) is 6.92 Å². The number of halogens is 2. The van der Waals surface area contributed by atoms with Gasteiger partial charge in [0.05, 0.1) is 0 Å². The molecule has 1 aromatic carbocycles. The minimum Gasteiger partial charge on any atom is -0.300 e. The zero-order valence-corrected chi connectivity index (χ0v) is 12.2. The van der Waals surface area contributed by atoms with E-state index < -0.39 is 0 Å². The Balaban J connectivity index is 2.83. The molecule has 0 aliphatic rings. The molecule has 88 valence electrons. The fraction of sp³-hybridized carbons (Fsp3) is 0.462. The summed E-state index contributed by atoms with van der Waals surface area (Å²) < 4.78 is 0.977. The molecular formula is C13H16BrClO. The van der Waals surface area contributed by atoms with Crippen LogP contribution in [0.1, 0.15) is 32.8 Å². The molecule has 0 unspecified atom stereocenters. The van der Waals surface area contributed by atoms with Crippen molar-refractivity contribution in [3.8, 4) is 0 Å². The van der Waals surface area contributed by atoms with E-state index in [9.17, 15) is 4.79 Å². The lowest BCUT2D eigenvalue weighted by molar-refractivity contribution is -0.118. The summed E-state index contributed by atoms with van der Waals surface area (Å²) in [5.74, 6) is 0.221. The van der Waals surface area contributed by atoms with E-state index in [2.05, 4.69) is 29.8 Å². The Labute approximate surface area is 110 Å². The van der Waals surface area contributed by atoms with Gasteiger partial charge in [0, 0.05) is 15.9 Å². The molecule has 1 rings (SSSR count). The van der Waals surface area contributed by atoms with Crippen LogP contribution in [0.25, 0.3) is 0 Å². The Morgan fingerprint density at radius 2 is 2.06 bits per heavy atom. The second-order valence-corrected chi connectivity index (χ2v) is 6.28. The summed E-state index contributed by atoms with van der Waals surface area (Å²) in [5, 5.41) is 0.756. The molecule has 0 saturated heterocycles. The molecule has 0 saturated carbocycles. The molecule has 0 N–H and O–H groups in total. The van der Waals surface area contributed by atoms with Gasteiger partial charge in [-0.15, -0.1) is 0 Å². The predicted molar refractivity (Wildman–Crippen MR) is 71.9 cm³/mol. The van der Waals surface area contributed by atoms with Crippen LogP contribution in [0.4, 0.5) is 0 Å². The number of benzene rings is 1. The van der Waals surface area contributed by atoms with Crippen LogP contribution < -0.4 is 0 Å². The summed E-state index contributed by atoms with van der Waals surface area (Å²) in [7, 11) is 0. The number of carbonyl (C=O) groups excluding carboxylic acids is 1. The molecule has 1 aromatic rings. The topological polar surface area (TPSA) is 17.1 Å². The SMILES string of the molecule is CC(=O)CC(C)(C)Cc1ccc(Br)cc1Cl. The Bertz CT molecular complexity index is 399. The third-order valence-electron chi connectivity index (χ3n) is 2.41. The van der Waals surface area contributed by atoms with Crippen LogP contribution in [-0.4, -0.2) is 5.78 Å². The predicted octanol–water partition coefficient (Wildman–Crippen LogP) is 4.65. The number of ketones is 1. The van der Waals surface area contributed by atoms with Crippen LogP contribution in [0.2, 0.25) is 5.02 Å². The molecule has 1 nitrogen and oxygen atoms in total. The number of carbonyl (C=O) groups is 1. The highest BCUT2D eigenvalue weighted by molar-refractivity contribution is 9.10. The van der Waals surface area contributed by atoms with Gasteiger partial charge in [-0.3, -0.25) is 0 Å². The van der Waals surface area contributed by atoms with Gasteiger partial charge in [-0.1, -0.05) is 47.4 Å². The first kappa shape index (κ1) is 13.7. The number of hydrogen-bond acceptors (Lipinski definition) is 1. The molecule has 0 bridgehead atoms. The van der Waals surface area contributed by atoms with E-state index >= 15 is 0 Å². The standard InChI is InChI=1S/C13H16BrClO/c1-9(16)7-13(2,3)8-10-4-5-11(14)6-12(10)15/h4-6H,7-8H2,1-3H3. The highest BCUT2D eigenvalue weighted by atomic mass is 79.9. The van der Waals surface area contributed by atoms with Crippen molar-refractivity contribution >= 4 is 33.3 Å². The maximum Gasteiger partial charge on any atom is 0.130 e. The van der Waals surface area contributed by atoms with Gasteiger partial charge in [0.2, 0.25) is 0 Å². The highest BCUT2D eigenvalue weighted by Crippen LogP contribution is 2.30. The monoisotopic (exact) mass is 302 g/mol. The van der Waals surface area contributed by atoms with E-state index in [1.165, 1.54) is 0 Å². The van der Waals surface area contributed by atoms with Crippen molar-refractivity contribution in [2.45, 2.75) is 33.6 Å². The summed E-state index contributed by atoms with van der Waals surface area (Å²) >= 11 is 9.53. The highest BCUT2D eigenvalue weighted by Gasteiger charge is 2.21. The molecule has 0 amide bonds. The Morgan fingerprint density at radius 1 is 1.44 bits per heavy atom. The van der Waals surface area contributed by atoms with Crippen molar-refractivity contribution in [3.05, 3.63) is 33.3 Å². The second-order valence-electron chi connectivity index (χ2n) is 4.96. The largest absolute Gasteiger partial charge is 0.300 e.